The van der Waals surface area contributed by atoms with Crippen LogP contribution < -0.4 is 0 Å². The predicted molar refractivity (Wildman–Crippen MR) is 141 cm³/mol. The number of hydrogen-bond acceptors (Lipinski definition) is 3. The maximum Gasteiger partial charge on any atom is 0.162 e. The van der Waals surface area contributed by atoms with Crippen molar-refractivity contribution >= 4 is 11.6 Å². The number of carbonyl (C=O) groups is 2. The monoisotopic (exact) mass is 467 g/mol. The molecule has 35 heavy (non-hydrogen) atoms. The van der Waals surface area contributed by atoms with Crippen LogP contribution in [0, 0.1) is 17.8 Å². The van der Waals surface area contributed by atoms with Gasteiger partial charge in [-0.3, -0.25) is 9.59 Å². The minimum absolute atomic E-state index is 0.0938. The van der Waals surface area contributed by atoms with Crippen LogP contribution in [0.2, 0.25) is 0 Å². The van der Waals surface area contributed by atoms with Crippen molar-refractivity contribution in [2.75, 3.05) is 6.54 Å². The smallest absolute Gasteiger partial charge is 0.162 e. The summed E-state index contributed by atoms with van der Waals surface area (Å²) >= 11 is 0. The van der Waals surface area contributed by atoms with Gasteiger partial charge in [0, 0.05) is 47.8 Å². The number of allylic oxidation sites excluding steroid dienone is 4. The Balaban J connectivity index is 1.71. The number of rotatable bonds is 4. The Morgan fingerprint density at radius 1 is 0.743 bits per heavy atom. The minimum atomic E-state index is -0.249. The summed E-state index contributed by atoms with van der Waals surface area (Å²) in [5.41, 5.74) is 7.39. The molecule has 182 valence electrons. The first-order valence-corrected chi connectivity index (χ1v) is 13.0. The Morgan fingerprint density at radius 2 is 1.26 bits per heavy atom. The molecular weight excluding hydrogens is 430 g/mol. The lowest BCUT2D eigenvalue weighted by Crippen LogP contribution is -2.45. The molecule has 0 atom stereocenters. The second-order valence-electron chi connectivity index (χ2n) is 12.3. The highest BCUT2D eigenvalue weighted by atomic mass is 16.1. The van der Waals surface area contributed by atoms with Crippen LogP contribution in [0.15, 0.2) is 77.1 Å². The summed E-state index contributed by atoms with van der Waals surface area (Å²) in [4.78, 5) is 30.1. The molecule has 0 fully saturated rings. The van der Waals surface area contributed by atoms with Crippen molar-refractivity contribution in [3.05, 3.63) is 93.8 Å². The Morgan fingerprint density at radius 3 is 1.80 bits per heavy atom. The Labute approximate surface area is 209 Å². The van der Waals surface area contributed by atoms with E-state index in [1.807, 2.05) is 18.2 Å². The third-order valence-corrected chi connectivity index (χ3v) is 7.99. The molecule has 1 heterocycles. The zero-order valence-electron chi connectivity index (χ0n) is 21.8. The molecule has 3 nitrogen and oxygen atoms in total. The van der Waals surface area contributed by atoms with Crippen LogP contribution in [-0.4, -0.2) is 23.0 Å². The number of hydrogen-bond donors (Lipinski definition) is 0. The number of benzene rings is 2. The van der Waals surface area contributed by atoms with E-state index in [0.717, 1.165) is 59.5 Å². The molecule has 0 saturated carbocycles. The molecule has 2 aromatic carbocycles. The predicted octanol–water partition coefficient (Wildman–Crippen LogP) is 6.92. The van der Waals surface area contributed by atoms with Crippen LogP contribution in [-0.2, 0) is 16.0 Å². The van der Waals surface area contributed by atoms with Crippen molar-refractivity contribution in [2.24, 2.45) is 10.8 Å². The third kappa shape index (κ3) is 4.42. The van der Waals surface area contributed by atoms with E-state index >= 15 is 0 Å². The summed E-state index contributed by atoms with van der Waals surface area (Å²) in [6, 6.07) is 18.8. The molecule has 0 saturated heterocycles. The molecule has 0 radical (unpaired) electrons. The van der Waals surface area contributed by atoms with E-state index in [2.05, 4.69) is 75.9 Å². The number of carbonyl (C=O) groups excluding carboxylic acids is 2. The lowest BCUT2D eigenvalue weighted by Gasteiger charge is -2.49. The molecule has 3 aliphatic rings. The fourth-order valence-corrected chi connectivity index (χ4v) is 6.42. The van der Waals surface area contributed by atoms with Gasteiger partial charge in [0.25, 0.3) is 0 Å². The summed E-state index contributed by atoms with van der Waals surface area (Å²) < 4.78 is 0. The molecule has 5 rings (SSSR count). The summed E-state index contributed by atoms with van der Waals surface area (Å²) in [5.74, 6) is 0.165. The van der Waals surface area contributed by atoms with Crippen molar-refractivity contribution in [1.82, 2.24) is 4.90 Å². The van der Waals surface area contributed by atoms with Gasteiger partial charge in [0.2, 0.25) is 0 Å². The summed E-state index contributed by atoms with van der Waals surface area (Å²) in [6.45, 7) is 11.7. The first-order chi connectivity index (χ1) is 16.6. The van der Waals surface area contributed by atoms with Gasteiger partial charge >= 0.3 is 0 Å². The van der Waals surface area contributed by atoms with E-state index in [1.54, 1.807) is 0 Å². The van der Waals surface area contributed by atoms with Crippen molar-refractivity contribution in [1.29, 1.82) is 0 Å². The first kappa shape index (κ1) is 23.8. The molecule has 0 spiro atoms. The van der Waals surface area contributed by atoms with Gasteiger partial charge in [-0.2, -0.15) is 0 Å². The van der Waals surface area contributed by atoms with Gasteiger partial charge in [-0.1, -0.05) is 82.3 Å². The molecule has 2 aliphatic carbocycles. The van der Waals surface area contributed by atoms with Crippen LogP contribution >= 0.6 is 0 Å². The number of nitrogens with zero attached hydrogens (tertiary/aromatic N) is 1. The zero-order valence-corrected chi connectivity index (χ0v) is 21.8. The van der Waals surface area contributed by atoms with E-state index in [4.69, 9.17) is 0 Å². The third-order valence-electron chi connectivity index (χ3n) is 7.99. The number of aryl methyl sites for hydroxylation is 1. The van der Waals surface area contributed by atoms with Crippen molar-refractivity contribution in [3.63, 3.8) is 0 Å². The molecule has 0 N–H and O–H groups in total. The molecule has 0 amide bonds. The second kappa shape index (κ2) is 8.62. The van der Waals surface area contributed by atoms with Gasteiger partial charge in [-0.25, -0.2) is 0 Å². The Hall–Kier alpha value is -2.94. The normalized spacial score (nSPS) is 21.8. The fourth-order valence-electron chi connectivity index (χ4n) is 6.42. The average Bonchev–Trinajstić information content (AvgIpc) is 2.77. The zero-order chi connectivity index (χ0) is 25.0. The van der Waals surface area contributed by atoms with Gasteiger partial charge in [0.15, 0.2) is 11.6 Å². The molecular formula is C32H37NO2. The van der Waals surface area contributed by atoms with E-state index in [1.165, 1.54) is 5.56 Å². The first-order valence-electron chi connectivity index (χ1n) is 13.0. The highest BCUT2D eigenvalue weighted by molar-refractivity contribution is 6.06. The molecule has 0 bridgehead atoms. The van der Waals surface area contributed by atoms with Crippen molar-refractivity contribution in [3.8, 4) is 0 Å². The lowest BCUT2D eigenvalue weighted by molar-refractivity contribution is -0.119. The van der Waals surface area contributed by atoms with Crippen LogP contribution in [0.3, 0.4) is 0 Å². The quantitative estimate of drug-likeness (QED) is 0.490. The molecule has 0 unspecified atom stereocenters. The van der Waals surface area contributed by atoms with Crippen LogP contribution in [0.5, 0.6) is 0 Å². The van der Waals surface area contributed by atoms with Gasteiger partial charge < -0.3 is 4.90 Å². The van der Waals surface area contributed by atoms with Gasteiger partial charge in [0.1, 0.15) is 0 Å². The topological polar surface area (TPSA) is 37.4 Å². The summed E-state index contributed by atoms with van der Waals surface area (Å²) in [7, 11) is 0. The van der Waals surface area contributed by atoms with E-state index in [9.17, 15) is 9.59 Å². The second-order valence-corrected chi connectivity index (χ2v) is 12.3. The van der Waals surface area contributed by atoms with E-state index in [0.29, 0.717) is 12.8 Å². The Bertz CT molecular complexity index is 1190. The molecule has 3 heteroatoms. The molecule has 1 aliphatic heterocycles. The van der Waals surface area contributed by atoms with Crippen LogP contribution in [0.4, 0.5) is 0 Å². The van der Waals surface area contributed by atoms with E-state index in [-0.39, 0.29) is 28.3 Å². The van der Waals surface area contributed by atoms with E-state index < -0.39 is 0 Å². The molecule has 0 aromatic heterocycles. The van der Waals surface area contributed by atoms with Gasteiger partial charge in [0.05, 0.1) is 0 Å². The van der Waals surface area contributed by atoms with Crippen LogP contribution in [0.25, 0.3) is 0 Å². The average molecular weight is 468 g/mol. The largest absolute Gasteiger partial charge is 0.347 e. The maximum absolute atomic E-state index is 13.8. The van der Waals surface area contributed by atoms with Gasteiger partial charge in [-0.05, 0) is 53.7 Å². The Kier molecular flexibility index (Phi) is 5.86. The van der Waals surface area contributed by atoms with Gasteiger partial charge in [-0.15, -0.1) is 0 Å². The summed E-state index contributed by atoms with van der Waals surface area (Å²) in [5, 5.41) is 0. The SMILES string of the molecule is Cc1ccccc1C1C2=C(CC(C)(C)CC2=O)N(CCc2ccccc2)C2=C1C(=O)CC(C)(C)C2. The highest BCUT2D eigenvalue weighted by Crippen LogP contribution is 2.54. The number of Topliss-reactive ketones (excluding diaryl/α,β-unsaturated/α-hetero) is 2. The standard InChI is InChI=1S/C32H37NO2/c1-21-11-9-10-14-23(21)28-29-24(17-31(2,3)19-26(29)34)33(16-15-22-12-7-6-8-13-22)25-18-32(4,5)20-27(35)30(25)28/h6-14,28H,15-20H2,1-5H3. The minimum Gasteiger partial charge on any atom is -0.347 e. The maximum atomic E-state index is 13.8. The molecule has 2 aromatic rings. The highest BCUT2D eigenvalue weighted by Gasteiger charge is 2.49. The number of ketones is 2. The van der Waals surface area contributed by atoms with Crippen molar-refractivity contribution < 1.29 is 9.59 Å². The fraction of sp³-hybridized carbons (Fsp3) is 0.438. The van der Waals surface area contributed by atoms with Crippen LogP contribution in [0.1, 0.15) is 76.0 Å². The van der Waals surface area contributed by atoms with Crippen molar-refractivity contribution in [2.45, 2.75) is 72.6 Å². The summed E-state index contributed by atoms with van der Waals surface area (Å²) in [6.07, 6.45) is 3.66. The lowest BCUT2D eigenvalue weighted by atomic mass is 9.63.